The molecule has 0 atom stereocenters. The largest absolute Gasteiger partial charge is 2.00 e. The third kappa shape index (κ3) is 26.8. The van der Waals surface area contributed by atoms with Crippen LogP contribution >= 0.6 is 23.8 Å². The van der Waals surface area contributed by atoms with Gasteiger partial charge in [0.15, 0.2) is 0 Å². The van der Waals surface area contributed by atoms with Crippen molar-refractivity contribution in [1.29, 1.82) is 0 Å². The molecule has 0 aromatic heterocycles. The molecule has 0 unspecified atom stereocenters. The van der Waals surface area contributed by atoms with Crippen LogP contribution in [0.25, 0.3) is 32.3 Å². The van der Waals surface area contributed by atoms with E-state index in [9.17, 15) is 0 Å². The Morgan fingerprint density at radius 2 is 0.405 bits per heavy atom. The van der Waals surface area contributed by atoms with E-state index in [1.807, 2.05) is 0 Å². The Labute approximate surface area is 571 Å². The standard InChI is InChI=1S/3C16H18P.3C9H7.3ClH.3Ti/c3*1-17(2)13-16(14-9-5-3-6-10-14)15-11-7-4-8-12-15;3*1-2-5-9-7-3-6-8(9)4-1;;;;;;/h3*3-12H,13H2,1-2H3;3*1-7H;3*1H;;;/q6*-1;;;;3*+2/p-3. The van der Waals surface area contributed by atoms with Gasteiger partial charge in [-0.3, -0.25) is 0 Å². The Bertz CT molecular complexity index is 2870. The second-order valence-corrected chi connectivity index (χ2v) is 27.2. The first-order chi connectivity index (χ1) is 38.2. The molecule has 12 rings (SSSR count). The van der Waals surface area contributed by atoms with Crippen molar-refractivity contribution >= 4 is 56.1 Å². The first-order valence-electron chi connectivity index (χ1n) is 26.9. The summed E-state index contributed by atoms with van der Waals surface area (Å²) >= 11 is 0. The van der Waals surface area contributed by atoms with E-state index in [0.717, 1.165) is 0 Å². The predicted octanol–water partition coefficient (Wildman–Crippen LogP) is 11.9. The van der Waals surface area contributed by atoms with Gasteiger partial charge < -0.3 is 37.2 Å². The van der Waals surface area contributed by atoms with Gasteiger partial charge in [0.25, 0.3) is 0 Å². The molecule has 0 heterocycles. The smallest absolute Gasteiger partial charge is 1.00 e. The minimum absolute atomic E-state index is 0. The van der Waals surface area contributed by atoms with Crippen LogP contribution in [0.3, 0.4) is 0 Å². The van der Waals surface area contributed by atoms with Crippen LogP contribution in [-0.4, -0.2) is 58.5 Å². The summed E-state index contributed by atoms with van der Waals surface area (Å²) in [5.41, 5.74) is 8.14. The molecular formula is C75H75Cl3P3Ti3-3. The Morgan fingerprint density at radius 3 is 0.571 bits per heavy atom. The van der Waals surface area contributed by atoms with Crippen molar-refractivity contribution in [3.05, 3.63) is 361 Å². The van der Waals surface area contributed by atoms with Crippen LogP contribution in [-0.2, 0) is 65.2 Å². The minimum Gasteiger partial charge on any atom is -1.00 e. The molecule has 426 valence electrons. The second kappa shape index (κ2) is 44.2. The molecule has 0 radical (unpaired) electrons. The number of rotatable bonds is 12. The molecule has 0 N–H and O–H groups in total. The van der Waals surface area contributed by atoms with Crippen molar-refractivity contribution in [3.8, 4) is 0 Å². The molecule has 0 fully saturated rings. The van der Waals surface area contributed by atoms with Crippen molar-refractivity contribution in [2.24, 2.45) is 0 Å². The van der Waals surface area contributed by atoms with E-state index in [0.29, 0.717) is 0 Å². The Morgan fingerprint density at radius 1 is 0.238 bits per heavy atom. The fourth-order valence-electron chi connectivity index (χ4n) is 9.04. The zero-order valence-electron chi connectivity index (χ0n) is 49.0. The maximum Gasteiger partial charge on any atom is 2.00 e. The molecule has 0 saturated carbocycles. The minimum atomic E-state index is 0. The second-order valence-electron chi connectivity index (χ2n) is 19.8. The molecule has 84 heavy (non-hydrogen) atoms. The summed E-state index contributed by atoms with van der Waals surface area (Å²) in [5, 5.41) is 7.99. The fourth-order valence-corrected chi connectivity index (χ4v) is 12.0. The topological polar surface area (TPSA) is 0 Å². The monoisotopic (exact) mass is 1320 g/mol. The molecular weight excluding hydrogens is 1240 g/mol. The Kier molecular flexibility index (Phi) is 40.9. The zero-order chi connectivity index (χ0) is 54.6. The van der Waals surface area contributed by atoms with Gasteiger partial charge in [0.1, 0.15) is 0 Å². The van der Waals surface area contributed by atoms with Gasteiger partial charge in [-0.15, -0.1) is 237 Å². The summed E-state index contributed by atoms with van der Waals surface area (Å²) in [6.45, 7) is 14.0. The number of hydrogen-bond donors (Lipinski definition) is 0. The van der Waals surface area contributed by atoms with Crippen molar-refractivity contribution in [2.75, 3.05) is 58.5 Å². The van der Waals surface area contributed by atoms with E-state index in [4.69, 9.17) is 0 Å². The summed E-state index contributed by atoms with van der Waals surface area (Å²) in [4.78, 5) is 0. The van der Waals surface area contributed by atoms with Gasteiger partial charge in [-0.2, -0.15) is 52.6 Å². The van der Waals surface area contributed by atoms with Crippen LogP contribution in [0.2, 0.25) is 0 Å². The van der Waals surface area contributed by atoms with Crippen LogP contribution in [0.4, 0.5) is 0 Å². The van der Waals surface area contributed by atoms with Crippen LogP contribution < -0.4 is 37.2 Å². The Balaban J connectivity index is 0.000000507. The van der Waals surface area contributed by atoms with Crippen LogP contribution in [0, 0.1) is 17.8 Å². The van der Waals surface area contributed by atoms with Gasteiger partial charge in [-0.25, -0.2) is 0 Å². The third-order valence-electron chi connectivity index (χ3n) is 12.8. The number of benzene rings is 9. The molecule has 0 aliphatic heterocycles. The molecule has 0 saturated heterocycles. The van der Waals surface area contributed by atoms with Crippen LogP contribution in [0.1, 0.15) is 33.4 Å². The van der Waals surface area contributed by atoms with E-state index in [2.05, 4.69) is 349 Å². The number of fused-ring (bicyclic) bond motifs is 3. The van der Waals surface area contributed by atoms with E-state index in [1.165, 1.54) is 102 Å². The summed E-state index contributed by atoms with van der Waals surface area (Å²) in [6, 6.07) is 108. The molecule has 0 aliphatic carbocycles. The van der Waals surface area contributed by atoms with Crippen molar-refractivity contribution in [2.45, 2.75) is 0 Å². The Hall–Kier alpha value is -4.28. The van der Waals surface area contributed by atoms with E-state index >= 15 is 0 Å². The van der Waals surface area contributed by atoms with Gasteiger partial charge in [0, 0.05) is 0 Å². The van der Waals surface area contributed by atoms with Crippen LogP contribution in [0.15, 0.2) is 309 Å². The normalized spacial score (nSPS) is 9.68. The average molecular weight is 1320 g/mol. The van der Waals surface area contributed by atoms with Gasteiger partial charge >= 0.3 is 65.2 Å². The summed E-state index contributed by atoms with van der Waals surface area (Å²) < 4.78 is 0. The summed E-state index contributed by atoms with van der Waals surface area (Å²) in [7, 11) is 0.228. The molecule has 0 amide bonds. The third-order valence-corrected chi connectivity index (χ3v) is 15.6. The van der Waals surface area contributed by atoms with E-state index in [-0.39, 0.29) is 126 Å². The van der Waals surface area contributed by atoms with Gasteiger partial charge in [0.2, 0.25) is 0 Å². The maximum atomic E-state index is 2.33. The molecule has 0 nitrogen and oxygen atoms in total. The summed E-state index contributed by atoms with van der Waals surface area (Å²) in [6.07, 6.45) is 3.55. The zero-order valence-corrected chi connectivity index (χ0v) is 58.7. The fraction of sp³-hybridized carbons (Fsp3) is 0.120. The van der Waals surface area contributed by atoms with Gasteiger partial charge in [0.05, 0.1) is 0 Å². The van der Waals surface area contributed by atoms with Crippen LogP contribution in [0.5, 0.6) is 0 Å². The maximum absolute atomic E-state index is 2.33. The number of halogens is 3. The quantitative estimate of drug-likeness (QED) is 0.0650. The van der Waals surface area contributed by atoms with Crippen molar-refractivity contribution in [1.82, 2.24) is 0 Å². The van der Waals surface area contributed by atoms with E-state index in [1.54, 1.807) is 0 Å². The first-order valence-corrected chi connectivity index (χ1v) is 34.1. The molecule has 0 bridgehead atoms. The first kappa shape index (κ1) is 77.7. The van der Waals surface area contributed by atoms with Gasteiger partial charge in [-0.1, -0.05) is 127 Å². The average Bonchev–Trinajstić information content (AvgIpc) is 4.39. The molecule has 12 aromatic rings. The van der Waals surface area contributed by atoms with Gasteiger partial charge in [-0.05, 0) is 58.5 Å². The molecule has 12 aromatic carbocycles. The molecule has 0 aliphatic rings. The van der Waals surface area contributed by atoms with Crippen molar-refractivity contribution < 1.29 is 102 Å². The number of hydrogen-bond acceptors (Lipinski definition) is 0. The predicted molar refractivity (Wildman–Crippen MR) is 353 cm³/mol. The van der Waals surface area contributed by atoms with Crippen molar-refractivity contribution in [3.63, 3.8) is 0 Å². The SMILES string of the molecule is CP(C)C[C-](c1ccccc1)c1ccccc1.CP(C)C[C-](c1ccccc1)c1ccccc1.CP(C)C[C-](c1ccccc1)c1ccccc1.[Cl-].[Cl-].[Cl-].[Ti+2].[Ti+2].[Ti+2].c1ccc2[cH-]ccc2c1.c1ccc2[cH-]ccc2c1.c1ccc2[cH-]ccc2c1. The van der Waals surface area contributed by atoms with E-state index < -0.39 is 0 Å². The molecule has 9 heteroatoms. The molecule has 0 spiro atoms. The summed E-state index contributed by atoms with van der Waals surface area (Å²) in [5.74, 6) is 4.42.